The Morgan fingerprint density at radius 3 is 3.00 bits per heavy atom. The van der Waals surface area contributed by atoms with E-state index in [9.17, 15) is 4.39 Å². The van der Waals surface area contributed by atoms with Crippen LogP contribution in [0.4, 0.5) is 4.39 Å². The standard InChI is InChI=1S/C14H16FN3/c1-2-5-13-16-14-9-8-12(18(14)17-13)10-6-3-4-7-11(10)15/h3-4,6-7,12H,2,5,8-9H2,1H3/t12-/m0/s1. The molecule has 0 aliphatic carbocycles. The van der Waals surface area contributed by atoms with E-state index in [1.54, 1.807) is 6.07 Å². The van der Waals surface area contributed by atoms with Gasteiger partial charge < -0.3 is 0 Å². The summed E-state index contributed by atoms with van der Waals surface area (Å²) in [4.78, 5) is 4.52. The molecule has 2 aromatic rings. The SMILES string of the molecule is CCCc1nc2n(n1)[C@H](c1ccccc1F)CC2. The number of nitrogens with zero attached hydrogens (tertiary/aromatic N) is 3. The third-order valence-electron chi connectivity index (χ3n) is 3.42. The van der Waals surface area contributed by atoms with Gasteiger partial charge in [0, 0.05) is 18.4 Å². The molecule has 0 unspecified atom stereocenters. The summed E-state index contributed by atoms with van der Waals surface area (Å²) in [6.45, 7) is 2.11. The van der Waals surface area contributed by atoms with Crippen molar-refractivity contribution >= 4 is 0 Å². The fraction of sp³-hybridized carbons (Fsp3) is 0.429. The van der Waals surface area contributed by atoms with Crippen molar-refractivity contribution in [1.29, 1.82) is 0 Å². The highest BCUT2D eigenvalue weighted by atomic mass is 19.1. The van der Waals surface area contributed by atoms with Gasteiger partial charge in [-0.3, -0.25) is 0 Å². The largest absolute Gasteiger partial charge is 0.242 e. The van der Waals surface area contributed by atoms with E-state index in [-0.39, 0.29) is 11.9 Å². The van der Waals surface area contributed by atoms with Gasteiger partial charge in [0.15, 0.2) is 5.82 Å². The normalized spacial score (nSPS) is 18.0. The first-order valence-electron chi connectivity index (χ1n) is 6.48. The van der Waals surface area contributed by atoms with Crippen molar-refractivity contribution in [2.75, 3.05) is 0 Å². The molecule has 3 rings (SSSR count). The minimum Gasteiger partial charge on any atom is -0.242 e. The summed E-state index contributed by atoms with van der Waals surface area (Å²) in [5, 5.41) is 4.52. The van der Waals surface area contributed by atoms with Gasteiger partial charge in [0.2, 0.25) is 0 Å². The average molecular weight is 245 g/mol. The van der Waals surface area contributed by atoms with Crippen molar-refractivity contribution in [3.63, 3.8) is 0 Å². The maximum atomic E-state index is 13.8. The molecule has 0 radical (unpaired) electrons. The highest BCUT2D eigenvalue weighted by molar-refractivity contribution is 5.24. The molecule has 1 atom stereocenters. The van der Waals surface area contributed by atoms with Crippen LogP contribution in [0, 0.1) is 5.82 Å². The fourth-order valence-corrected chi connectivity index (χ4v) is 2.57. The first kappa shape index (κ1) is 11.4. The van der Waals surface area contributed by atoms with E-state index >= 15 is 0 Å². The minimum absolute atomic E-state index is 0.0132. The first-order chi connectivity index (χ1) is 8.79. The number of rotatable bonds is 3. The Labute approximate surface area is 106 Å². The smallest absolute Gasteiger partial charge is 0.150 e. The van der Waals surface area contributed by atoms with Gasteiger partial charge in [0.25, 0.3) is 0 Å². The second-order valence-corrected chi connectivity index (χ2v) is 4.71. The predicted octanol–water partition coefficient (Wildman–Crippen LogP) is 2.91. The Bertz CT molecular complexity index is 562. The first-order valence-corrected chi connectivity index (χ1v) is 6.48. The summed E-state index contributed by atoms with van der Waals surface area (Å²) in [6.07, 6.45) is 3.70. The summed E-state index contributed by atoms with van der Waals surface area (Å²) in [5.41, 5.74) is 0.726. The molecule has 0 saturated carbocycles. The van der Waals surface area contributed by atoms with Gasteiger partial charge in [-0.15, -0.1) is 0 Å². The van der Waals surface area contributed by atoms with Gasteiger partial charge in [0.1, 0.15) is 11.6 Å². The predicted molar refractivity (Wildman–Crippen MR) is 66.9 cm³/mol. The molecule has 3 nitrogen and oxygen atoms in total. The van der Waals surface area contributed by atoms with E-state index in [1.165, 1.54) is 6.07 Å². The number of hydrogen-bond donors (Lipinski definition) is 0. The van der Waals surface area contributed by atoms with E-state index in [0.29, 0.717) is 0 Å². The minimum atomic E-state index is -0.150. The van der Waals surface area contributed by atoms with Gasteiger partial charge in [-0.2, -0.15) is 5.10 Å². The quantitative estimate of drug-likeness (QED) is 0.832. The molecule has 18 heavy (non-hydrogen) atoms. The number of hydrogen-bond acceptors (Lipinski definition) is 2. The van der Waals surface area contributed by atoms with Crippen LogP contribution in [0.5, 0.6) is 0 Å². The van der Waals surface area contributed by atoms with Crippen molar-refractivity contribution in [1.82, 2.24) is 14.8 Å². The molecular formula is C14H16FN3. The summed E-state index contributed by atoms with van der Waals surface area (Å²) in [5.74, 6) is 1.73. The lowest BCUT2D eigenvalue weighted by molar-refractivity contribution is 0.508. The molecule has 0 spiro atoms. The van der Waals surface area contributed by atoms with E-state index in [2.05, 4.69) is 17.0 Å². The number of fused-ring (bicyclic) bond motifs is 1. The molecular weight excluding hydrogens is 229 g/mol. The van der Waals surface area contributed by atoms with Crippen molar-refractivity contribution in [2.45, 2.75) is 38.6 Å². The molecule has 0 bridgehead atoms. The molecule has 0 saturated heterocycles. The Hall–Kier alpha value is -1.71. The lowest BCUT2D eigenvalue weighted by Gasteiger charge is -2.12. The monoisotopic (exact) mass is 245 g/mol. The van der Waals surface area contributed by atoms with Crippen molar-refractivity contribution in [2.24, 2.45) is 0 Å². The average Bonchev–Trinajstić information content (AvgIpc) is 2.90. The lowest BCUT2D eigenvalue weighted by Crippen LogP contribution is -2.09. The molecule has 1 aromatic heterocycles. The summed E-state index contributed by atoms with van der Waals surface area (Å²) in [6, 6.07) is 6.96. The van der Waals surface area contributed by atoms with Crippen LogP contribution < -0.4 is 0 Å². The molecule has 4 heteroatoms. The van der Waals surface area contributed by atoms with Crippen LogP contribution in [0.15, 0.2) is 24.3 Å². The van der Waals surface area contributed by atoms with Crippen LogP contribution in [-0.4, -0.2) is 14.8 Å². The molecule has 0 amide bonds. The molecule has 1 aliphatic rings. The molecule has 2 heterocycles. The molecule has 0 fully saturated rings. The molecule has 1 aliphatic heterocycles. The van der Waals surface area contributed by atoms with E-state index < -0.39 is 0 Å². The van der Waals surface area contributed by atoms with Gasteiger partial charge in [-0.05, 0) is 18.9 Å². The zero-order chi connectivity index (χ0) is 12.5. The Balaban J connectivity index is 1.97. The van der Waals surface area contributed by atoms with Gasteiger partial charge in [-0.25, -0.2) is 14.1 Å². The number of halogens is 1. The highest BCUT2D eigenvalue weighted by Gasteiger charge is 2.28. The van der Waals surface area contributed by atoms with Crippen LogP contribution in [-0.2, 0) is 12.8 Å². The fourth-order valence-electron chi connectivity index (χ4n) is 2.57. The van der Waals surface area contributed by atoms with Gasteiger partial charge in [0.05, 0.1) is 6.04 Å². The number of benzene rings is 1. The van der Waals surface area contributed by atoms with E-state index in [1.807, 2.05) is 16.8 Å². The van der Waals surface area contributed by atoms with Gasteiger partial charge in [-0.1, -0.05) is 25.1 Å². The zero-order valence-corrected chi connectivity index (χ0v) is 10.4. The number of aryl methyl sites for hydroxylation is 2. The van der Waals surface area contributed by atoms with Crippen LogP contribution in [0.3, 0.4) is 0 Å². The van der Waals surface area contributed by atoms with E-state index in [0.717, 1.165) is 42.9 Å². The Morgan fingerprint density at radius 1 is 1.39 bits per heavy atom. The third kappa shape index (κ3) is 1.82. The topological polar surface area (TPSA) is 30.7 Å². The van der Waals surface area contributed by atoms with Crippen molar-refractivity contribution in [3.8, 4) is 0 Å². The second kappa shape index (κ2) is 4.52. The molecule has 0 N–H and O–H groups in total. The van der Waals surface area contributed by atoms with Crippen LogP contribution in [0.1, 0.15) is 43.0 Å². The molecule has 94 valence electrons. The van der Waals surface area contributed by atoms with Crippen LogP contribution in [0.25, 0.3) is 0 Å². The van der Waals surface area contributed by atoms with Crippen molar-refractivity contribution < 1.29 is 4.39 Å². The second-order valence-electron chi connectivity index (χ2n) is 4.71. The maximum absolute atomic E-state index is 13.8. The third-order valence-corrected chi connectivity index (χ3v) is 3.42. The zero-order valence-electron chi connectivity index (χ0n) is 10.4. The maximum Gasteiger partial charge on any atom is 0.150 e. The summed E-state index contributed by atoms with van der Waals surface area (Å²) >= 11 is 0. The summed E-state index contributed by atoms with van der Waals surface area (Å²) in [7, 11) is 0. The molecule has 1 aromatic carbocycles. The Kier molecular flexibility index (Phi) is 2.86. The lowest BCUT2D eigenvalue weighted by atomic mass is 10.0. The summed E-state index contributed by atoms with van der Waals surface area (Å²) < 4.78 is 15.7. The highest BCUT2D eigenvalue weighted by Crippen LogP contribution is 2.31. The number of aromatic nitrogens is 3. The van der Waals surface area contributed by atoms with Crippen LogP contribution >= 0.6 is 0 Å². The van der Waals surface area contributed by atoms with E-state index in [4.69, 9.17) is 0 Å². The Morgan fingerprint density at radius 2 is 2.22 bits per heavy atom. The van der Waals surface area contributed by atoms with Crippen molar-refractivity contribution in [3.05, 3.63) is 47.3 Å². The van der Waals surface area contributed by atoms with Gasteiger partial charge >= 0.3 is 0 Å². The van der Waals surface area contributed by atoms with Crippen LogP contribution in [0.2, 0.25) is 0 Å².